The first-order valence-electron chi connectivity index (χ1n) is 9.88. The van der Waals surface area contributed by atoms with E-state index >= 15 is 0 Å². The first kappa shape index (κ1) is 20.1. The summed E-state index contributed by atoms with van der Waals surface area (Å²) in [6.07, 6.45) is 4.82. The number of sulfonamides is 1. The van der Waals surface area contributed by atoms with E-state index in [2.05, 4.69) is 6.92 Å². The molecule has 1 saturated carbocycles. The Kier molecular flexibility index (Phi) is 6.42. The van der Waals surface area contributed by atoms with Crippen molar-refractivity contribution < 1.29 is 17.9 Å². The largest absolute Gasteiger partial charge is 0.497 e. The van der Waals surface area contributed by atoms with Crippen LogP contribution in [0.5, 0.6) is 5.75 Å². The molecule has 1 amide bonds. The lowest BCUT2D eigenvalue weighted by Gasteiger charge is -2.34. The fraction of sp³-hybridized carbons (Fsp3) is 0.650. The fourth-order valence-electron chi connectivity index (χ4n) is 3.69. The number of benzene rings is 1. The van der Waals surface area contributed by atoms with Crippen molar-refractivity contribution in [1.82, 2.24) is 9.21 Å². The second-order valence-corrected chi connectivity index (χ2v) is 9.54. The number of amides is 1. The molecule has 6 nitrogen and oxygen atoms in total. The average Bonchev–Trinajstić information content (AvgIpc) is 3.51. The van der Waals surface area contributed by atoms with Gasteiger partial charge in [-0.25, -0.2) is 8.42 Å². The number of rotatable bonds is 8. The topological polar surface area (TPSA) is 66.9 Å². The molecule has 0 spiro atoms. The summed E-state index contributed by atoms with van der Waals surface area (Å²) < 4.78 is 32.6. The highest BCUT2D eigenvalue weighted by Crippen LogP contribution is 2.31. The number of hydrogen-bond acceptors (Lipinski definition) is 4. The van der Waals surface area contributed by atoms with Crippen LogP contribution in [0.4, 0.5) is 0 Å². The molecule has 0 radical (unpaired) electrons. The van der Waals surface area contributed by atoms with Crippen LogP contribution in [-0.4, -0.2) is 56.8 Å². The van der Waals surface area contributed by atoms with Crippen molar-refractivity contribution >= 4 is 15.9 Å². The van der Waals surface area contributed by atoms with Crippen LogP contribution in [0.15, 0.2) is 29.2 Å². The molecule has 27 heavy (non-hydrogen) atoms. The summed E-state index contributed by atoms with van der Waals surface area (Å²) in [6.45, 7) is 4.41. The molecule has 2 fully saturated rings. The second-order valence-electron chi connectivity index (χ2n) is 7.61. The van der Waals surface area contributed by atoms with Crippen molar-refractivity contribution in [1.29, 1.82) is 0 Å². The van der Waals surface area contributed by atoms with E-state index in [4.69, 9.17) is 4.74 Å². The van der Waals surface area contributed by atoms with Gasteiger partial charge >= 0.3 is 0 Å². The number of piperidine rings is 1. The van der Waals surface area contributed by atoms with Gasteiger partial charge in [-0.2, -0.15) is 4.31 Å². The van der Waals surface area contributed by atoms with Crippen LogP contribution in [0.1, 0.15) is 39.0 Å². The number of carbonyl (C=O) groups is 1. The quantitative estimate of drug-likeness (QED) is 0.680. The Labute approximate surface area is 162 Å². The molecule has 0 bridgehead atoms. The summed E-state index contributed by atoms with van der Waals surface area (Å²) in [4.78, 5) is 15.2. The summed E-state index contributed by atoms with van der Waals surface area (Å²) in [7, 11) is -2.05. The van der Waals surface area contributed by atoms with Crippen LogP contribution in [0.25, 0.3) is 0 Å². The molecule has 0 N–H and O–H groups in total. The third kappa shape index (κ3) is 4.82. The highest BCUT2D eigenvalue weighted by Gasteiger charge is 2.36. The van der Waals surface area contributed by atoms with Crippen LogP contribution >= 0.6 is 0 Å². The molecule has 1 atom stereocenters. The van der Waals surface area contributed by atoms with Gasteiger partial charge in [0.1, 0.15) is 5.75 Å². The second kappa shape index (κ2) is 8.61. The first-order valence-corrected chi connectivity index (χ1v) is 11.3. The lowest BCUT2D eigenvalue weighted by molar-refractivity contribution is -0.137. The van der Waals surface area contributed by atoms with E-state index in [1.807, 2.05) is 4.90 Å². The molecule has 1 aliphatic heterocycles. The number of methoxy groups -OCH3 is 1. The Balaban J connectivity index is 1.70. The van der Waals surface area contributed by atoms with Crippen LogP contribution < -0.4 is 4.74 Å². The van der Waals surface area contributed by atoms with Gasteiger partial charge in [-0.05, 0) is 62.3 Å². The minimum atomic E-state index is -3.60. The van der Waals surface area contributed by atoms with E-state index in [0.29, 0.717) is 18.2 Å². The zero-order chi connectivity index (χ0) is 19.4. The van der Waals surface area contributed by atoms with Gasteiger partial charge in [0.25, 0.3) is 0 Å². The van der Waals surface area contributed by atoms with E-state index in [0.717, 1.165) is 32.4 Å². The lowest BCUT2D eigenvalue weighted by Crippen LogP contribution is -2.47. The third-order valence-corrected chi connectivity index (χ3v) is 7.29. The predicted octanol–water partition coefficient (Wildman–Crippen LogP) is 2.74. The molecule has 1 heterocycles. The smallest absolute Gasteiger partial charge is 0.243 e. The van der Waals surface area contributed by atoms with Crippen LogP contribution in [0.3, 0.4) is 0 Å². The predicted molar refractivity (Wildman–Crippen MR) is 104 cm³/mol. The van der Waals surface area contributed by atoms with Crippen molar-refractivity contribution in [2.75, 3.05) is 33.3 Å². The average molecular weight is 395 g/mol. The Hall–Kier alpha value is -1.60. The maximum Gasteiger partial charge on any atom is 0.243 e. The Morgan fingerprint density at radius 2 is 1.93 bits per heavy atom. The highest BCUT2D eigenvalue weighted by molar-refractivity contribution is 7.89. The zero-order valence-corrected chi connectivity index (χ0v) is 17.1. The Morgan fingerprint density at radius 3 is 2.52 bits per heavy atom. The van der Waals surface area contributed by atoms with Crippen molar-refractivity contribution in [2.24, 2.45) is 11.8 Å². The molecular formula is C20H30N2O4S. The fourth-order valence-corrected chi connectivity index (χ4v) is 5.21. The molecule has 1 aromatic rings. The molecule has 1 aliphatic carbocycles. The van der Waals surface area contributed by atoms with Crippen LogP contribution in [0, 0.1) is 11.8 Å². The normalized spacial score (nSPS) is 21.0. The van der Waals surface area contributed by atoms with Gasteiger partial charge in [-0.15, -0.1) is 0 Å². The minimum Gasteiger partial charge on any atom is -0.497 e. The molecule has 7 heteroatoms. The maximum atomic E-state index is 13.0. The third-order valence-electron chi connectivity index (χ3n) is 5.41. The number of ether oxygens (including phenoxy) is 1. The van der Waals surface area contributed by atoms with Gasteiger partial charge in [0.15, 0.2) is 0 Å². The Bertz CT molecular complexity index is 744. The molecule has 1 aromatic carbocycles. The van der Waals surface area contributed by atoms with Gasteiger partial charge in [0.05, 0.1) is 17.9 Å². The SMILES string of the molecule is CCCN(CC1CC1)C(=O)C1CCCN(S(=O)(=O)c2ccc(OC)cc2)C1. The van der Waals surface area contributed by atoms with E-state index < -0.39 is 10.0 Å². The standard InChI is InChI=1S/C20H30N2O4S/c1-3-12-21(14-16-6-7-16)20(23)17-5-4-13-22(15-17)27(24,25)19-10-8-18(26-2)9-11-19/h8-11,16-17H,3-7,12-15H2,1-2H3. The van der Waals surface area contributed by atoms with Gasteiger partial charge < -0.3 is 9.64 Å². The number of carbonyl (C=O) groups excluding carboxylic acids is 1. The summed E-state index contributed by atoms with van der Waals surface area (Å²) in [5.74, 6) is 1.15. The summed E-state index contributed by atoms with van der Waals surface area (Å²) >= 11 is 0. The lowest BCUT2D eigenvalue weighted by atomic mass is 9.98. The van der Waals surface area contributed by atoms with Gasteiger partial charge in [0, 0.05) is 26.2 Å². The molecule has 1 saturated heterocycles. The minimum absolute atomic E-state index is 0.124. The van der Waals surface area contributed by atoms with E-state index in [1.165, 1.54) is 17.1 Å². The summed E-state index contributed by atoms with van der Waals surface area (Å²) in [5.41, 5.74) is 0. The molecule has 150 valence electrons. The molecule has 1 unspecified atom stereocenters. The van der Waals surface area contributed by atoms with Gasteiger partial charge in [0.2, 0.25) is 15.9 Å². The highest BCUT2D eigenvalue weighted by atomic mass is 32.2. The van der Waals surface area contributed by atoms with Crippen molar-refractivity contribution in [3.8, 4) is 5.75 Å². The molecule has 2 aliphatic rings. The van der Waals surface area contributed by atoms with E-state index in [-0.39, 0.29) is 23.3 Å². The van der Waals surface area contributed by atoms with Gasteiger partial charge in [-0.3, -0.25) is 4.79 Å². The van der Waals surface area contributed by atoms with Gasteiger partial charge in [-0.1, -0.05) is 6.92 Å². The van der Waals surface area contributed by atoms with Crippen molar-refractivity contribution in [2.45, 2.75) is 43.9 Å². The Morgan fingerprint density at radius 1 is 1.22 bits per heavy atom. The van der Waals surface area contributed by atoms with Crippen molar-refractivity contribution in [3.05, 3.63) is 24.3 Å². The van der Waals surface area contributed by atoms with E-state index in [9.17, 15) is 13.2 Å². The number of nitrogens with zero attached hydrogens (tertiary/aromatic N) is 2. The number of hydrogen-bond donors (Lipinski definition) is 0. The van der Waals surface area contributed by atoms with E-state index in [1.54, 1.807) is 31.4 Å². The monoisotopic (exact) mass is 394 g/mol. The summed E-state index contributed by atoms with van der Waals surface area (Å²) in [5, 5.41) is 0. The van der Waals surface area contributed by atoms with Crippen LogP contribution in [0.2, 0.25) is 0 Å². The summed E-state index contributed by atoms with van der Waals surface area (Å²) in [6, 6.07) is 6.43. The zero-order valence-electron chi connectivity index (χ0n) is 16.3. The maximum absolute atomic E-state index is 13.0. The molecule has 0 aromatic heterocycles. The molecule has 3 rings (SSSR count). The molecular weight excluding hydrogens is 364 g/mol. The van der Waals surface area contributed by atoms with Crippen molar-refractivity contribution in [3.63, 3.8) is 0 Å². The van der Waals surface area contributed by atoms with Crippen LogP contribution in [-0.2, 0) is 14.8 Å². The first-order chi connectivity index (χ1) is 13.0.